The average Bonchev–Trinajstić information content (AvgIpc) is 3.27. The largest absolute Gasteiger partial charge is 0.393 e. The van der Waals surface area contributed by atoms with Gasteiger partial charge in [0.2, 0.25) is 0 Å². The third-order valence-corrected chi connectivity index (χ3v) is 6.17. The van der Waals surface area contributed by atoms with E-state index in [1.165, 1.54) is 0 Å². The lowest BCUT2D eigenvalue weighted by molar-refractivity contribution is 0.0868. The molecule has 0 atom stereocenters. The smallest absolute Gasteiger partial charge is 0.253 e. The summed E-state index contributed by atoms with van der Waals surface area (Å²) in [6.07, 6.45) is 8.46. The number of aromatic amines is 1. The van der Waals surface area contributed by atoms with Crippen LogP contribution in [-0.4, -0.2) is 38.3 Å². The van der Waals surface area contributed by atoms with Crippen LogP contribution in [0.2, 0.25) is 0 Å². The van der Waals surface area contributed by atoms with Gasteiger partial charge in [0, 0.05) is 23.3 Å². The minimum absolute atomic E-state index is 0.0999. The van der Waals surface area contributed by atoms with Crippen molar-refractivity contribution in [3.63, 3.8) is 0 Å². The highest BCUT2D eigenvalue weighted by molar-refractivity contribution is 6.01. The standard InChI is InChI=1S/C27H27N5O2/c33-21-12-8-19(9-13-21)30-27(34)23-6-1-2-7-24(23)29-20-10-14-22-25(31-32-26(22)17-20)15-11-18-5-3-4-16-28-18/h1-7,10-11,14-17,19,21,29,33H,8-9,12-13H2,(H,30,34)(H,31,32)/b15-11+. The number of aliphatic hydroxyl groups is 1. The van der Waals surface area contributed by atoms with Crippen molar-refractivity contribution in [1.29, 1.82) is 0 Å². The van der Waals surface area contributed by atoms with Crippen molar-refractivity contribution in [2.45, 2.75) is 37.8 Å². The Morgan fingerprint density at radius 3 is 2.65 bits per heavy atom. The molecule has 0 radical (unpaired) electrons. The summed E-state index contributed by atoms with van der Waals surface area (Å²) in [5.41, 5.74) is 4.80. The lowest BCUT2D eigenvalue weighted by atomic mass is 9.93. The first-order chi connectivity index (χ1) is 16.7. The zero-order valence-corrected chi connectivity index (χ0v) is 18.7. The molecule has 4 aromatic rings. The summed E-state index contributed by atoms with van der Waals surface area (Å²) < 4.78 is 0. The summed E-state index contributed by atoms with van der Waals surface area (Å²) in [6.45, 7) is 0. The van der Waals surface area contributed by atoms with Crippen LogP contribution in [0.25, 0.3) is 23.1 Å². The van der Waals surface area contributed by atoms with E-state index in [9.17, 15) is 9.90 Å². The maximum Gasteiger partial charge on any atom is 0.253 e. The van der Waals surface area contributed by atoms with Crippen LogP contribution >= 0.6 is 0 Å². The monoisotopic (exact) mass is 453 g/mol. The van der Waals surface area contributed by atoms with E-state index in [0.29, 0.717) is 5.56 Å². The van der Waals surface area contributed by atoms with Crippen molar-refractivity contribution < 1.29 is 9.90 Å². The fourth-order valence-corrected chi connectivity index (χ4v) is 4.31. The number of carbonyl (C=O) groups excluding carboxylic acids is 1. The third-order valence-electron chi connectivity index (χ3n) is 6.17. The second-order valence-corrected chi connectivity index (χ2v) is 8.61. The number of nitrogens with zero attached hydrogens (tertiary/aromatic N) is 2. The molecule has 1 amide bonds. The highest BCUT2D eigenvalue weighted by atomic mass is 16.3. The molecule has 0 aliphatic heterocycles. The second kappa shape index (κ2) is 9.89. The Hall–Kier alpha value is -3.97. The van der Waals surface area contributed by atoms with Crippen LogP contribution in [0.5, 0.6) is 0 Å². The van der Waals surface area contributed by atoms with Crippen LogP contribution in [-0.2, 0) is 0 Å². The first-order valence-electron chi connectivity index (χ1n) is 11.6. The molecule has 1 aliphatic carbocycles. The zero-order valence-electron chi connectivity index (χ0n) is 18.7. The Kier molecular flexibility index (Phi) is 6.35. The molecule has 0 unspecified atom stereocenters. The number of hydrogen-bond donors (Lipinski definition) is 4. The molecular weight excluding hydrogens is 426 g/mol. The summed E-state index contributed by atoms with van der Waals surface area (Å²) >= 11 is 0. The minimum Gasteiger partial charge on any atom is -0.393 e. The predicted molar refractivity (Wildman–Crippen MR) is 135 cm³/mol. The molecule has 2 aromatic heterocycles. The van der Waals surface area contributed by atoms with Crippen molar-refractivity contribution >= 4 is 40.3 Å². The number of pyridine rings is 1. The van der Waals surface area contributed by atoms with Gasteiger partial charge in [0.15, 0.2) is 0 Å². The van der Waals surface area contributed by atoms with Crippen molar-refractivity contribution in [2.75, 3.05) is 5.32 Å². The third kappa shape index (κ3) is 5.00. The number of amides is 1. The Morgan fingerprint density at radius 2 is 1.82 bits per heavy atom. The van der Waals surface area contributed by atoms with Gasteiger partial charge in [-0.3, -0.25) is 14.9 Å². The van der Waals surface area contributed by atoms with Gasteiger partial charge in [0.1, 0.15) is 0 Å². The molecule has 0 bridgehead atoms. The number of carbonyl (C=O) groups is 1. The van der Waals surface area contributed by atoms with E-state index in [0.717, 1.165) is 59.3 Å². The average molecular weight is 454 g/mol. The number of H-pyrrole nitrogens is 1. The van der Waals surface area contributed by atoms with Crippen molar-refractivity contribution in [2.24, 2.45) is 0 Å². The summed E-state index contributed by atoms with van der Waals surface area (Å²) in [4.78, 5) is 17.3. The molecule has 4 N–H and O–H groups in total. The Balaban J connectivity index is 1.32. The lowest BCUT2D eigenvalue weighted by Crippen LogP contribution is -2.38. The van der Waals surface area contributed by atoms with E-state index in [2.05, 4.69) is 25.8 Å². The fraction of sp³-hybridized carbons (Fsp3) is 0.222. The van der Waals surface area contributed by atoms with Gasteiger partial charge >= 0.3 is 0 Å². The van der Waals surface area contributed by atoms with Crippen molar-refractivity contribution in [3.05, 3.63) is 83.8 Å². The quantitative estimate of drug-likeness (QED) is 0.332. The molecule has 0 spiro atoms. The second-order valence-electron chi connectivity index (χ2n) is 8.61. The Bertz CT molecular complexity index is 1310. The molecule has 2 heterocycles. The maximum atomic E-state index is 13.0. The number of aliphatic hydroxyl groups excluding tert-OH is 1. The van der Waals surface area contributed by atoms with Crippen LogP contribution in [0.3, 0.4) is 0 Å². The van der Waals surface area contributed by atoms with Gasteiger partial charge in [-0.1, -0.05) is 18.2 Å². The molecule has 7 heteroatoms. The first kappa shape index (κ1) is 21.9. The molecule has 34 heavy (non-hydrogen) atoms. The number of rotatable bonds is 6. The number of para-hydroxylation sites is 1. The number of nitrogens with one attached hydrogen (secondary N) is 3. The van der Waals surface area contributed by atoms with Crippen molar-refractivity contribution in [1.82, 2.24) is 20.5 Å². The highest BCUT2D eigenvalue weighted by Crippen LogP contribution is 2.26. The first-order valence-corrected chi connectivity index (χ1v) is 11.6. The molecule has 172 valence electrons. The molecule has 7 nitrogen and oxygen atoms in total. The van der Waals surface area contributed by atoms with Crippen molar-refractivity contribution in [3.8, 4) is 0 Å². The fourth-order valence-electron chi connectivity index (χ4n) is 4.31. The van der Waals surface area contributed by atoms with Crippen LogP contribution in [0.1, 0.15) is 47.4 Å². The van der Waals surface area contributed by atoms with Gasteiger partial charge in [-0.2, -0.15) is 5.10 Å². The highest BCUT2D eigenvalue weighted by Gasteiger charge is 2.22. The van der Waals surface area contributed by atoms with Crippen LogP contribution in [0.4, 0.5) is 11.4 Å². The molecule has 5 rings (SSSR count). The van der Waals surface area contributed by atoms with E-state index in [4.69, 9.17) is 0 Å². The number of fused-ring (bicyclic) bond motifs is 1. The minimum atomic E-state index is -0.245. The summed E-state index contributed by atoms with van der Waals surface area (Å²) in [5.74, 6) is -0.103. The molecule has 0 saturated heterocycles. The zero-order chi connectivity index (χ0) is 23.3. The lowest BCUT2D eigenvalue weighted by Gasteiger charge is -2.26. The molecule has 2 aromatic carbocycles. The van der Waals surface area contributed by atoms with Crippen LogP contribution in [0.15, 0.2) is 66.9 Å². The topological polar surface area (TPSA) is 103 Å². The van der Waals surface area contributed by atoms with E-state index in [1.54, 1.807) is 6.20 Å². The van der Waals surface area contributed by atoms with E-state index in [1.807, 2.05) is 72.8 Å². The Morgan fingerprint density at radius 1 is 1.00 bits per heavy atom. The number of benzene rings is 2. The van der Waals surface area contributed by atoms with Crippen LogP contribution < -0.4 is 10.6 Å². The Labute approximate surface area is 197 Å². The number of aromatic nitrogens is 3. The van der Waals surface area contributed by atoms with Gasteiger partial charge in [0.25, 0.3) is 5.91 Å². The van der Waals surface area contributed by atoms with E-state index < -0.39 is 0 Å². The summed E-state index contributed by atoms with van der Waals surface area (Å²) in [7, 11) is 0. The molecular formula is C27H27N5O2. The molecule has 1 saturated carbocycles. The SMILES string of the molecule is O=C(NC1CCC(O)CC1)c1ccccc1Nc1ccc2c(/C=C/c3ccccn3)n[nH]c2c1. The normalized spacial score (nSPS) is 18.3. The maximum absolute atomic E-state index is 13.0. The molecule has 1 fully saturated rings. The van der Waals surface area contributed by atoms with E-state index >= 15 is 0 Å². The molecule has 1 aliphatic rings. The van der Waals surface area contributed by atoms with Gasteiger partial charge in [-0.15, -0.1) is 0 Å². The number of anilines is 2. The number of hydrogen-bond acceptors (Lipinski definition) is 5. The van der Waals surface area contributed by atoms with Gasteiger partial charge < -0.3 is 15.7 Å². The summed E-state index contributed by atoms with van der Waals surface area (Å²) in [6, 6.07) is 19.3. The van der Waals surface area contributed by atoms with Gasteiger partial charge in [-0.05, 0) is 80.3 Å². The van der Waals surface area contributed by atoms with E-state index in [-0.39, 0.29) is 18.1 Å². The van der Waals surface area contributed by atoms with Gasteiger partial charge in [-0.25, -0.2) is 0 Å². The summed E-state index contributed by atoms with van der Waals surface area (Å²) in [5, 5.41) is 24.7. The van der Waals surface area contributed by atoms with Gasteiger partial charge in [0.05, 0.1) is 34.3 Å². The van der Waals surface area contributed by atoms with Crippen LogP contribution in [0, 0.1) is 0 Å². The predicted octanol–water partition coefficient (Wildman–Crippen LogP) is 4.91.